The van der Waals surface area contributed by atoms with Gasteiger partial charge >= 0.3 is 6.03 Å². The highest BCUT2D eigenvalue weighted by Gasteiger charge is 2.11. The Bertz CT molecular complexity index is 848. The molecule has 0 aliphatic carbocycles. The fourth-order valence-corrected chi connectivity index (χ4v) is 3.01. The van der Waals surface area contributed by atoms with Gasteiger partial charge in [0, 0.05) is 24.5 Å². The van der Waals surface area contributed by atoms with Crippen LogP contribution in [-0.2, 0) is 11.3 Å². The maximum Gasteiger partial charge on any atom is 0.325 e. The van der Waals surface area contributed by atoms with E-state index in [4.69, 9.17) is 0 Å². The summed E-state index contributed by atoms with van der Waals surface area (Å²) in [6.45, 7) is 6.38. The molecule has 0 radical (unpaired) electrons. The standard InChI is InChI=1S/C17H20N4O3S/c1-4-21-8-7-14(22)20-17(21)25-10-15(23)19-16(24)18-13-6-5-11(2)9-12(13)3/h5-9H,4,10H2,1-3H3,(H2,18,19,23,24). The Kier molecular flexibility index (Phi) is 6.35. The first-order valence-electron chi connectivity index (χ1n) is 7.77. The van der Waals surface area contributed by atoms with Crippen molar-refractivity contribution in [3.8, 4) is 0 Å². The number of thioether (sulfide) groups is 1. The Labute approximate surface area is 149 Å². The van der Waals surface area contributed by atoms with Gasteiger partial charge in [-0.1, -0.05) is 29.5 Å². The minimum atomic E-state index is -0.591. The molecular weight excluding hydrogens is 340 g/mol. The van der Waals surface area contributed by atoms with Gasteiger partial charge in [-0.15, -0.1) is 0 Å². The Morgan fingerprint density at radius 3 is 2.68 bits per heavy atom. The van der Waals surface area contributed by atoms with Crippen LogP contribution in [0.3, 0.4) is 0 Å². The lowest BCUT2D eigenvalue weighted by molar-refractivity contribution is -0.117. The zero-order valence-corrected chi connectivity index (χ0v) is 15.1. The Hall–Kier alpha value is -2.61. The number of imide groups is 1. The molecule has 0 atom stereocenters. The van der Waals surface area contributed by atoms with Gasteiger partial charge in [-0.3, -0.25) is 14.9 Å². The summed E-state index contributed by atoms with van der Waals surface area (Å²) in [5, 5.41) is 5.36. The number of carbonyl (C=O) groups excluding carboxylic acids is 2. The molecule has 0 bridgehead atoms. The number of rotatable bonds is 5. The van der Waals surface area contributed by atoms with Crippen molar-refractivity contribution >= 4 is 29.4 Å². The van der Waals surface area contributed by atoms with Crippen LogP contribution in [-0.4, -0.2) is 27.2 Å². The third kappa shape index (κ3) is 5.46. The topological polar surface area (TPSA) is 93.1 Å². The fourth-order valence-electron chi connectivity index (χ4n) is 2.17. The molecule has 8 heteroatoms. The molecular formula is C17H20N4O3S. The molecule has 7 nitrogen and oxygen atoms in total. The smallest absolute Gasteiger partial charge is 0.325 e. The van der Waals surface area contributed by atoms with E-state index >= 15 is 0 Å². The second kappa shape index (κ2) is 8.48. The van der Waals surface area contributed by atoms with Crippen molar-refractivity contribution in [3.63, 3.8) is 0 Å². The van der Waals surface area contributed by atoms with Crippen LogP contribution in [0.4, 0.5) is 10.5 Å². The molecule has 0 spiro atoms. The van der Waals surface area contributed by atoms with Gasteiger partial charge in [0.15, 0.2) is 5.16 Å². The first-order chi connectivity index (χ1) is 11.9. The number of aryl methyl sites for hydroxylation is 3. The molecule has 2 rings (SSSR count). The van der Waals surface area contributed by atoms with Crippen molar-refractivity contribution in [1.82, 2.24) is 14.9 Å². The Morgan fingerprint density at radius 1 is 1.24 bits per heavy atom. The molecule has 0 unspecified atom stereocenters. The SMILES string of the molecule is CCn1ccc(=O)nc1SCC(=O)NC(=O)Nc1ccc(C)cc1C. The lowest BCUT2D eigenvalue weighted by Crippen LogP contribution is -2.35. The molecule has 0 saturated heterocycles. The van der Waals surface area contributed by atoms with Crippen molar-refractivity contribution in [2.24, 2.45) is 0 Å². The summed E-state index contributed by atoms with van der Waals surface area (Å²) in [6.07, 6.45) is 1.63. The number of hydrogen-bond acceptors (Lipinski definition) is 5. The number of anilines is 1. The second-order valence-corrected chi connectivity index (χ2v) is 6.39. The lowest BCUT2D eigenvalue weighted by Gasteiger charge is -2.11. The van der Waals surface area contributed by atoms with E-state index in [1.54, 1.807) is 16.8 Å². The molecule has 1 heterocycles. The summed E-state index contributed by atoms with van der Waals surface area (Å²) in [5.41, 5.74) is 2.29. The minimum absolute atomic E-state index is 0.0171. The number of amides is 3. The normalized spacial score (nSPS) is 10.4. The quantitative estimate of drug-likeness (QED) is 0.630. The van der Waals surface area contributed by atoms with Crippen LogP contribution in [0, 0.1) is 13.8 Å². The van der Waals surface area contributed by atoms with Gasteiger partial charge in [0.25, 0.3) is 5.56 Å². The van der Waals surface area contributed by atoms with Gasteiger partial charge in [-0.05, 0) is 32.4 Å². The number of nitrogens with zero attached hydrogens (tertiary/aromatic N) is 2. The fraction of sp³-hybridized carbons (Fsp3) is 0.294. The van der Waals surface area contributed by atoms with E-state index < -0.39 is 11.9 Å². The lowest BCUT2D eigenvalue weighted by atomic mass is 10.1. The van der Waals surface area contributed by atoms with Crippen LogP contribution in [0.25, 0.3) is 0 Å². The number of hydrogen-bond donors (Lipinski definition) is 2. The summed E-state index contributed by atoms with van der Waals surface area (Å²) in [5.74, 6) is -0.482. The van der Waals surface area contributed by atoms with Gasteiger partial charge in [-0.2, -0.15) is 4.98 Å². The summed E-state index contributed by atoms with van der Waals surface area (Å²) in [7, 11) is 0. The number of urea groups is 1. The van der Waals surface area contributed by atoms with Crippen LogP contribution >= 0.6 is 11.8 Å². The average Bonchev–Trinajstić information content (AvgIpc) is 2.55. The van der Waals surface area contributed by atoms with Crippen LogP contribution in [0.1, 0.15) is 18.1 Å². The second-order valence-electron chi connectivity index (χ2n) is 5.44. The van der Waals surface area contributed by atoms with Gasteiger partial charge in [-0.25, -0.2) is 4.79 Å². The highest BCUT2D eigenvalue weighted by Crippen LogP contribution is 2.16. The van der Waals surface area contributed by atoms with Crippen molar-refractivity contribution in [2.75, 3.05) is 11.1 Å². The largest absolute Gasteiger partial charge is 0.328 e. The predicted octanol–water partition coefficient (Wildman–Crippen LogP) is 2.32. The highest BCUT2D eigenvalue weighted by molar-refractivity contribution is 7.99. The maximum absolute atomic E-state index is 11.9. The van der Waals surface area contributed by atoms with E-state index in [0.29, 0.717) is 17.4 Å². The van der Waals surface area contributed by atoms with E-state index in [0.717, 1.165) is 22.9 Å². The van der Waals surface area contributed by atoms with Crippen molar-refractivity contribution in [3.05, 3.63) is 51.9 Å². The first kappa shape index (κ1) is 18.7. The highest BCUT2D eigenvalue weighted by atomic mass is 32.2. The zero-order valence-electron chi connectivity index (χ0n) is 14.3. The molecule has 0 fully saturated rings. The monoisotopic (exact) mass is 360 g/mol. The molecule has 2 aromatic rings. The summed E-state index contributed by atoms with van der Waals surface area (Å²) >= 11 is 1.11. The van der Waals surface area contributed by atoms with E-state index in [1.165, 1.54) is 6.07 Å². The molecule has 25 heavy (non-hydrogen) atoms. The summed E-state index contributed by atoms with van der Waals surface area (Å²) < 4.78 is 1.76. The predicted molar refractivity (Wildman–Crippen MR) is 98.0 cm³/mol. The number of carbonyl (C=O) groups is 2. The first-order valence-corrected chi connectivity index (χ1v) is 8.76. The molecule has 1 aromatic carbocycles. The minimum Gasteiger partial charge on any atom is -0.328 e. The third-order valence-corrected chi connectivity index (χ3v) is 4.40. The zero-order chi connectivity index (χ0) is 18.4. The van der Waals surface area contributed by atoms with Gasteiger partial charge in [0.2, 0.25) is 5.91 Å². The average molecular weight is 360 g/mol. The number of aromatic nitrogens is 2. The van der Waals surface area contributed by atoms with Gasteiger partial charge in [0.1, 0.15) is 0 Å². The number of nitrogens with one attached hydrogen (secondary N) is 2. The third-order valence-electron chi connectivity index (χ3n) is 3.40. The molecule has 132 valence electrons. The molecule has 1 aromatic heterocycles. The maximum atomic E-state index is 11.9. The Balaban J connectivity index is 1.91. The van der Waals surface area contributed by atoms with E-state index in [9.17, 15) is 14.4 Å². The molecule has 3 amide bonds. The van der Waals surface area contributed by atoms with Gasteiger partial charge in [0.05, 0.1) is 5.75 Å². The molecule has 0 aliphatic heterocycles. The molecule has 0 saturated carbocycles. The van der Waals surface area contributed by atoms with E-state index in [-0.39, 0.29) is 11.3 Å². The molecule has 0 aliphatic rings. The van der Waals surface area contributed by atoms with E-state index in [2.05, 4.69) is 15.6 Å². The van der Waals surface area contributed by atoms with Gasteiger partial charge < -0.3 is 9.88 Å². The van der Waals surface area contributed by atoms with E-state index in [1.807, 2.05) is 32.9 Å². The summed E-state index contributed by atoms with van der Waals surface area (Å²) in [6, 6.07) is 6.39. The van der Waals surface area contributed by atoms with Crippen LogP contribution in [0.2, 0.25) is 0 Å². The van der Waals surface area contributed by atoms with Crippen molar-refractivity contribution < 1.29 is 9.59 Å². The van der Waals surface area contributed by atoms with Crippen molar-refractivity contribution in [2.45, 2.75) is 32.5 Å². The molecule has 2 N–H and O–H groups in total. The van der Waals surface area contributed by atoms with Crippen LogP contribution in [0.15, 0.2) is 40.4 Å². The van der Waals surface area contributed by atoms with Crippen LogP contribution < -0.4 is 16.2 Å². The van der Waals surface area contributed by atoms with Crippen LogP contribution in [0.5, 0.6) is 0 Å². The number of benzene rings is 1. The Morgan fingerprint density at radius 2 is 2.00 bits per heavy atom. The summed E-state index contributed by atoms with van der Waals surface area (Å²) in [4.78, 5) is 39.1. The van der Waals surface area contributed by atoms with Crippen molar-refractivity contribution in [1.29, 1.82) is 0 Å².